The van der Waals surface area contributed by atoms with E-state index >= 15 is 0 Å². The number of carbonyl (C=O) groups is 1. The van der Waals surface area contributed by atoms with Gasteiger partial charge < -0.3 is 25.6 Å². The van der Waals surface area contributed by atoms with Gasteiger partial charge in [-0.3, -0.25) is 4.79 Å². The summed E-state index contributed by atoms with van der Waals surface area (Å²) in [6, 6.07) is 12.4. The van der Waals surface area contributed by atoms with E-state index in [-0.39, 0.29) is 11.8 Å². The zero-order valence-corrected chi connectivity index (χ0v) is 21.1. The second-order valence-corrected chi connectivity index (χ2v) is 9.10. The summed E-state index contributed by atoms with van der Waals surface area (Å²) in [4.78, 5) is 14.2. The van der Waals surface area contributed by atoms with Crippen molar-refractivity contribution < 1.29 is 9.53 Å². The van der Waals surface area contributed by atoms with Crippen LogP contribution in [0.4, 0.5) is 11.4 Å². The Bertz CT molecular complexity index is 1030. The molecule has 3 N–H and O–H groups in total. The number of nitrogens with zero attached hydrogens (tertiary/aromatic N) is 1. The highest BCUT2D eigenvalue weighted by Crippen LogP contribution is 2.26. The zero-order chi connectivity index (χ0) is 24.5. The maximum absolute atomic E-state index is 11.8. The average molecular weight is 463 g/mol. The van der Waals surface area contributed by atoms with Crippen LogP contribution >= 0.6 is 0 Å². The number of aryl methyl sites for hydroxylation is 1. The number of piperidine rings is 1. The SMILES string of the molecule is CNC(=O)c1ccc(NCC#CC(C)Cc2c(C)cccc2NC2CCN(C)CC2)c(OC)c1. The third-order valence-corrected chi connectivity index (χ3v) is 6.41. The van der Waals surface area contributed by atoms with Gasteiger partial charge in [-0.15, -0.1) is 0 Å². The fraction of sp³-hybridized carbons (Fsp3) is 0.464. The van der Waals surface area contributed by atoms with Crippen molar-refractivity contribution in [2.24, 2.45) is 5.92 Å². The van der Waals surface area contributed by atoms with Gasteiger partial charge in [-0.25, -0.2) is 0 Å². The van der Waals surface area contributed by atoms with Crippen LogP contribution in [-0.4, -0.2) is 57.7 Å². The molecule has 182 valence electrons. The molecule has 0 aromatic heterocycles. The number of hydrogen-bond acceptors (Lipinski definition) is 5. The molecule has 1 aliphatic heterocycles. The van der Waals surface area contributed by atoms with E-state index in [2.05, 4.69) is 71.8 Å². The first-order chi connectivity index (χ1) is 16.4. The van der Waals surface area contributed by atoms with Crippen molar-refractivity contribution in [3.05, 3.63) is 53.1 Å². The molecule has 0 aliphatic carbocycles. The number of ether oxygens (including phenoxy) is 1. The van der Waals surface area contributed by atoms with Crippen molar-refractivity contribution in [1.29, 1.82) is 0 Å². The molecule has 2 aromatic carbocycles. The molecule has 34 heavy (non-hydrogen) atoms. The van der Waals surface area contributed by atoms with Crippen molar-refractivity contribution in [2.75, 3.05) is 51.5 Å². The standard InChI is InChI=1S/C28H38N4O2/c1-20(8-7-15-30-26-12-11-22(28(33)29-3)19-27(26)34-5)18-24-21(2)9-6-10-25(24)31-23-13-16-32(4)17-14-23/h6,9-12,19-20,23,30-31H,13-18H2,1-5H3,(H,29,33). The summed E-state index contributed by atoms with van der Waals surface area (Å²) in [5.41, 5.74) is 5.31. The Morgan fingerprint density at radius 2 is 1.97 bits per heavy atom. The van der Waals surface area contributed by atoms with Crippen LogP contribution in [0.15, 0.2) is 36.4 Å². The predicted molar refractivity (Wildman–Crippen MR) is 141 cm³/mol. The van der Waals surface area contributed by atoms with E-state index in [0.29, 0.717) is 23.9 Å². The summed E-state index contributed by atoms with van der Waals surface area (Å²) in [7, 11) is 5.41. The Morgan fingerprint density at radius 3 is 2.68 bits per heavy atom. The van der Waals surface area contributed by atoms with Gasteiger partial charge in [0, 0.05) is 30.3 Å². The molecular weight excluding hydrogens is 424 g/mol. The van der Waals surface area contributed by atoms with Crippen molar-refractivity contribution >= 4 is 17.3 Å². The summed E-state index contributed by atoms with van der Waals surface area (Å²) in [6.07, 6.45) is 3.27. The molecule has 0 radical (unpaired) electrons. The smallest absolute Gasteiger partial charge is 0.251 e. The zero-order valence-electron chi connectivity index (χ0n) is 21.1. The van der Waals surface area contributed by atoms with Gasteiger partial charge in [0.15, 0.2) is 0 Å². The number of methoxy groups -OCH3 is 1. The van der Waals surface area contributed by atoms with Crippen LogP contribution in [-0.2, 0) is 6.42 Å². The number of anilines is 2. The van der Waals surface area contributed by atoms with Gasteiger partial charge in [-0.1, -0.05) is 30.9 Å². The molecule has 0 spiro atoms. The molecule has 6 heteroatoms. The molecule has 1 aliphatic rings. The molecule has 6 nitrogen and oxygen atoms in total. The third kappa shape index (κ3) is 6.91. The summed E-state index contributed by atoms with van der Waals surface area (Å²) in [5.74, 6) is 7.37. The fourth-order valence-corrected chi connectivity index (χ4v) is 4.33. The normalized spacial score (nSPS) is 15.1. The topological polar surface area (TPSA) is 65.6 Å². The molecule has 0 saturated carbocycles. The molecule has 1 fully saturated rings. The Kier molecular flexibility index (Phi) is 9.24. The molecule has 0 bridgehead atoms. The van der Waals surface area contributed by atoms with Gasteiger partial charge in [0.1, 0.15) is 5.75 Å². The summed E-state index contributed by atoms with van der Waals surface area (Å²) < 4.78 is 5.43. The Morgan fingerprint density at radius 1 is 1.21 bits per heavy atom. The van der Waals surface area contributed by atoms with Crippen molar-refractivity contribution in [1.82, 2.24) is 10.2 Å². The second-order valence-electron chi connectivity index (χ2n) is 9.10. The minimum absolute atomic E-state index is 0.139. The largest absolute Gasteiger partial charge is 0.495 e. The highest BCUT2D eigenvalue weighted by molar-refractivity contribution is 5.95. The first-order valence-corrected chi connectivity index (χ1v) is 12.1. The summed E-state index contributed by atoms with van der Waals surface area (Å²) in [6.45, 7) is 7.16. The lowest BCUT2D eigenvalue weighted by Crippen LogP contribution is -2.36. The first kappa shape index (κ1) is 25.5. The van der Waals surface area contributed by atoms with Crippen LogP contribution in [0.2, 0.25) is 0 Å². The monoisotopic (exact) mass is 462 g/mol. The molecule has 1 saturated heterocycles. The number of likely N-dealkylation sites (tertiary alicyclic amines) is 1. The average Bonchev–Trinajstić information content (AvgIpc) is 2.84. The van der Waals surface area contributed by atoms with Crippen LogP contribution in [0.5, 0.6) is 5.75 Å². The lowest BCUT2D eigenvalue weighted by atomic mass is 9.95. The second kappa shape index (κ2) is 12.3. The number of benzene rings is 2. The van der Waals surface area contributed by atoms with Gasteiger partial charge in [-0.2, -0.15) is 0 Å². The number of carbonyl (C=O) groups excluding carboxylic acids is 1. The number of rotatable bonds is 8. The predicted octanol–water partition coefficient (Wildman–Crippen LogP) is 4.16. The summed E-state index contributed by atoms with van der Waals surface area (Å²) in [5, 5.41) is 9.73. The lowest BCUT2D eigenvalue weighted by molar-refractivity contribution is 0.0963. The van der Waals surface area contributed by atoms with Gasteiger partial charge in [0.2, 0.25) is 0 Å². The molecule has 1 heterocycles. The van der Waals surface area contributed by atoms with Gasteiger partial charge in [0.05, 0.1) is 19.3 Å². The van der Waals surface area contributed by atoms with Crippen LogP contribution in [0.25, 0.3) is 0 Å². The molecular formula is C28H38N4O2. The van der Waals surface area contributed by atoms with Crippen LogP contribution < -0.4 is 20.7 Å². The third-order valence-electron chi connectivity index (χ3n) is 6.41. The van der Waals surface area contributed by atoms with E-state index in [0.717, 1.165) is 25.2 Å². The maximum Gasteiger partial charge on any atom is 0.251 e. The molecule has 1 unspecified atom stereocenters. The van der Waals surface area contributed by atoms with E-state index < -0.39 is 0 Å². The van der Waals surface area contributed by atoms with Crippen molar-refractivity contribution in [3.63, 3.8) is 0 Å². The highest BCUT2D eigenvalue weighted by atomic mass is 16.5. The van der Waals surface area contributed by atoms with Gasteiger partial charge >= 0.3 is 0 Å². The lowest BCUT2D eigenvalue weighted by Gasteiger charge is -2.31. The molecule has 3 rings (SSSR count). The summed E-state index contributed by atoms with van der Waals surface area (Å²) >= 11 is 0. The molecule has 1 atom stereocenters. The van der Waals surface area contributed by atoms with E-state index in [4.69, 9.17) is 4.74 Å². The Labute approximate surface area is 204 Å². The van der Waals surface area contributed by atoms with E-state index in [1.54, 1.807) is 26.3 Å². The van der Waals surface area contributed by atoms with Crippen LogP contribution in [0.1, 0.15) is 41.3 Å². The minimum Gasteiger partial charge on any atom is -0.495 e. The number of hydrogen-bond donors (Lipinski definition) is 3. The fourth-order valence-electron chi connectivity index (χ4n) is 4.33. The van der Waals surface area contributed by atoms with Gasteiger partial charge in [0.25, 0.3) is 5.91 Å². The Balaban J connectivity index is 1.59. The van der Waals surface area contributed by atoms with E-state index in [1.165, 1.54) is 29.7 Å². The number of nitrogens with one attached hydrogen (secondary N) is 3. The number of amides is 1. The minimum atomic E-state index is -0.139. The van der Waals surface area contributed by atoms with E-state index in [1.807, 2.05) is 6.07 Å². The van der Waals surface area contributed by atoms with Crippen molar-refractivity contribution in [2.45, 2.75) is 39.2 Å². The molecule has 2 aromatic rings. The molecule has 1 amide bonds. The first-order valence-electron chi connectivity index (χ1n) is 12.1. The maximum atomic E-state index is 11.8. The van der Waals surface area contributed by atoms with Crippen LogP contribution in [0, 0.1) is 24.7 Å². The Hall–Kier alpha value is -3.17. The van der Waals surface area contributed by atoms with E-state index in [9.17, 15) is 4.79 Å². The van der Waals surface area contributed by atoms with Crippen molar-refractivity contribution in [3.8, 4) is 17.6 Å². The quantitative estimate of drug-likeness (QED) is 0.514. The van der Waals surface area contributed by atoms with Gasteiger partial charge in [-0.05, 0) is 81.7 Å². The van der Waals surface area contributed by atoms with Crippen LogP contribution in [0.3, 0.4) is 0 Å². The highest BCUT2D eigenvalue weighted by Gasteiger charge is 2.18.